The molecule has 2 aliphatic rings. The van der Waals surface area contributed by atoms with Crippen LogP contribution < -0.4 is 10.2 Å². The second kappa shape index (κ2) is 6.15. The summed E-state index contributed by atoms with van der Waals surface area (Å²) in [7, 11) is 0. The van der Waals surface area contributed by atoms with Gasteiger partial charge in [0.2, 0.25) is 17.8 Å². The van der Waals surface area contributed by atoms with Gasteiger partial charge in [0.25, 0.3) is 0 Å². The van der Waals surface area contributed by atoms with Gasteiger partial charge in [-0.05, 0) is 23.8 Å². The minimum Gasteiger partial charge on any atom is -0.339 e. The molecule has 1 fully saturated rings. The number of fused-ring (bicyclic) bond motifs is 1. The molecule has 9 heteroatoms. The van der Waals surface area contributed by atoms with Crippen LogP contribution in [0.2, 0.25) is 0 Å². The van der Waals surface area contributed by atoms with Crippen molar-refractivity contribution in [2.75, 3.05) is 36.4 Å². The molecule has 0 radical (unpaired) electrons. The van der Waals surface area contributed by atoms with E-state index in [0.29, 0.717) is 43.4 Å². The molecular formula is C16H17FN6O2. The van der Waals surface area contributed by atoms with Crippen molar-refractivity contribution in [2.45, 2.75) is 12.3 Å². The first-order chi connectivity index (χ1) is 12.1. The van der Waals surface area contributed by atoms with Gasteiger partial charge >= 0.3 is 0 Å². The number of nitrogens with one attached hydrogen (secondary N) is 2. The summed E-state index contributed by atoms with van der Waals surface area (Å²) in [5.41, 5.74) is 1.05. The molecule has 130 valence electrons. The van der Waals surface area contributed by atoms with Crippen LogP contribution in [0.5, 0.6) is 0 Å². The molecule has 1 unspecified atom stereocenters. The molecule has 8 nitrogen and oxygen atoms in total. The number of hydrogen-bond donors (Lipinski definition) is 2. The van der Waals surface area contributed by atoms with Crippen molar-refractivity contribution >= 4 is 23.5 Å². The van der Waals surface area contributed by atoms with Crippen molar-refractivity contribution in [3.05, 3.63) is 35.9 Å². The van der Waals surface area contributed by atoms with Gasteiger partial charge in [0.15, 0.2) is 0 Å². The lowest BCUT2D eigenvalue weighted by Gasteiger charge is -2.37. The highest BCUT2D eigenvalue weighted by Crippen LogP contribution is 2.34. The predicted molar refractivity (Wildman–Crippen MR) is 87.6 cm³/mol. The first kappa shape index (κ1) is 15.6. The number of carbonyl (C=O) groups excluding carboxylic acids is 2. The van der Waals surface area contributed by atoms with Crippen LogP contribution in [0.3, 0.4) is 0 Å². The number of halogens is 1. The molecule has 2 aliphatic heterocycles. The van der Waals surface area contributed by atoms with Gasteiger partial charge in [-0.25, -0.2) is 9.49 Å². The summed E-state index contributed by atoms with van der Waals surface area (Å²) in [5.74, 6) is -0.743. The van der Waals surface area contributed by atoms with E-state index in [1.807, 2.05) is 4.90 Å². The molecule has 1 saturated heterocycles. The first-order valence-corrected chi connectivity index (χ1v) is 8.10. The Bertz CT molecular complexity index is 801. The van der Waals surface area contributed by atoms with Crippen molar-refractivity contribution in [2.24, 2.45) is 0 Å². The van der Waals surface area contributed by atoms with Crippen LogP contribution in [-0.4, -0.2) is 58.1 Å². The van der Waals surface area contributed by atoms with Gasteiger partial charge < -0.3 is 15.1 Å². The first-order valence-electron chi connectivity index (χ1n) is 8.10. The van der Waals surface area contributed by atoms with Crippen LogP contribution in [0.4, 0.5) is 16.0 Å². The normalized spacial score (nSPS) is 20.2. The Kier molecular flexibility index (Phi) is 3.83. The van der Waals surface area contributed by atoms with E-state index in [1.165, 1.54) is 24.5 Å². The quantitative estimate of drug-likeness (QED) is 0.837. The van der Waals surface area contributed by atoms with Crippen molar-refractivity contribution in [1.29, 1.82) is 0 Å². The number of anilines is 2. The summed E-state index contributed by atoms with van der Waals surface area (Å²) in [5, 5.41) is 9.33. The Hall–Kier alpha value is -2.97. The van der Waals surface area contributed by atoms with Crippen molar-refractivity contribution in [3.8, 4) is 0 Å². The van der Waals surface area contributed by atoms with E-state index in [9.17, 15) is 14.0 Å². The fraction of sp³-hybridized carbons (Fsp3) is 0.375. The molecular weight excluding hydrogens is 327 g/mol. The smallest absolute Gasteiger partial charge is 0.230 e. The number of amides is 2. The molecule has 2 amide bonds. The number of benzene rings is 1. The van der Waals surface area contributed by atoms with Crippen LogP contribution in [0.1, 0.15) is 17.9 Å². The number of hydrogen-bond acceptors (Lipinski definition) is 5. The SMILES string of the molecule is O=C1CC(C(=O)N2CCN(c3ncn[nH]3)CC2)c2cc(F)ccc2N1. The highest BCUT2D eigenvalue weighted by Gasteiger charge is 2.35. The van der Waals surface area contributed by atoms with Gasteiger partial charge in [-0.15, -0.1) is 0 Å². The zero-order chi connectivity index (χ0) is 17.4. The Morgan fingerprint density at radius 3 is 2.76 bits per heavy atom. The highest BCUT2D eigenvalue weighted by atomic mass is 19.1. The van der Waals surface area contributed by atoms with Gasteiger partial charge in [0, 0.05) is 38.3 Å². The molecule has 2 aromatic rings. The van der Waals surface area contributed by atoms with E-state index in [4.69, 9.17) is 0 Å². The number of aromatic nitrogens is 3. The molecule has 0 spiro atoms. The van der Waals surface area contributed by atoms with Crippen LogP contribution in [0, 0.1) is 5.82 Å². The van der Waals surface area contributed by atoms with E-state index in [2.05, 4.69) is 20.5 Å². The third-order valence-electron chi connectivity index (χ3n) is 4.64. The van der Waals surface area contributed by atoms with E-state index in [0.717, 1.165) is 0 Å². The fourth-order valence-electron chi connectivity index (χ4n) is 3.36. The molecule has 4 rings (SSSR count). The maximum atomic E-state index is 13.6. The van der Waals surface area contributed by atoms with Gasteiger partial charge in [0.1, 0.15) is 12.1 Å². The zero-order valence-electron chi connectivity index (χ0n) is 13.4. The van der Waals surface area contributed by atoms with E-state index in [-0.39, 0.29) is 18.2 Å². The van der Waals surface area contributed by atoms with Crippen LogP contribution in [0.15, 0.2) is 24.5 Å². The number of aromatic amines is 1. The second-order valence-electron chi connectivity index (χ2n) is 6.16. The van der Waals surface area contributed by atoms with Crippen molar-refractivity contribution < 1.29 is 14.0 Å². The minimum absolute atomic E-state index is 0.0393. The average Bonchev–Trinajstić information content (AvgIpc) is 3.16. The van der Waals surface area contributed by atoms with E-state index >= 15 is 0 Å². The third-order valence-corrected chi connectivity index (χ3v) is 4.64. The van der Waals surface area contributed by atoms with Gasteiger partial charge in [-0.1, -0.05) is 0 Å². The highest BCUT2D eigenvalue weighted by molar-refractivity contribution is 6.01. The minimum atomic E-state index is -0.642. The monoisotopic (exact) mass is 344 g/mol. The summed E-state index contributed by atoms with van der Waals surface area (Å²) in [6, 6.07) is 4.12. The number of nitrogens with zero attached hydrogens (tertiary/aromatic N) is 4. The standard InChI is InChI=1S/C16H17FN6O2/c17-10-1-2-13-11(7-10)12(8-14(24)20-13)15(25)22-3-5-23(6-4-22)16-18-9-19-21-16/h1-2,7,9,12H,3-6,8H2,(H,20,24)(H,18,19,21). The lowest BCUT2D eigenvalue weighted by molar-refractivity contribution is -0.135. The average molecular weight is 344 g/mol. The lowest BCUT2D eigenvalue weighted by Crippen LogP contribution is -2.51. The van der Waals surface area contributed by atoms with Crippen molar-refractivity contribution in [1.82, 2.24) is 20.1 Å². The maximum absolute atomic E-state index is 13.6. The van der Waals surface area contributed by atoms with Crippen molar-refractivity contribution in [3.63, 3.8) is 0 Å². The maximum Gasteiger partial charge on any atom is 0.230 e. The predicted octanol–water partition coefficient (Wildman–Crippen LogP) is 0.718. The molecule has 1 aromatic heterocycles. The van der Waals surface area contributed by atoms with Gasteiger partial charge in [-0.3, -0.25) is 9.59 Å². The molecule has 0 aliphatic carbocycles. The molecule has 3 heterocycles. The van der Waals surface area contributed by atoms with Gasteiger partial charge in [0.05, 0.1) is 5.92 Å². The van der Waals surface area contributed by atoms with Crippen LogP contribution in [0.25, 0.3) is 0 Å². The number of rotatable bonds is 2. The second-order valence-corrected chi connectivity index (χ2v) is 6.16. The largest absolute Gasteiger partial charge is 0.339 e. The molecule has 2 N–H and O–H groups in total. The number of piperazine rings is 1. The molecule has 25 heavy (non-hydrogen) atoms. The third kappa shape index (κ3) is 2.92. The topological polar surface area (TPSA) is 94.2 Å². The number of H-pyrrole nitrogens is 1. The fourth-order valence-corrected chi connectivity index (χ4v) is 3.36. The summed E-state index contributed by atoms with van der Waals surface area (Å²) >= 11 is 0. The lowest BCUT2D eigenvalue weighted by atomic mass is 9.89. The van der Waals surface area contributed by atoms with Crippen LogP contribution in [-0.2, 0) is 9.59 Å². The Morgan fingerprint density at radius 2 is 2.04 bits per heavy atom. The Balaban J connectivity index is 1.50. The van der Waals surface area contributed by atoms with Crippen LogP contribution >= 0.6 is 0 Å². The molecule has 1 atom stereocenters. The Morgan fingerprint density at radius 1 is 1.24 bits per heavy atom. The summed E-state index contributed by atoms with van der Waals surface area (Å²) in [6.45, 7) is 2.27. The van der Waals surface area contributed by atoms with E-state index in [1.54, 1.807) is 4.90 Å². The number of carbonyl (C=O) groups is 2. The summed E-state index contributed by atoms with van der Waals surface area (Å²) in [4.78, 5) is 32.7. The zero-order valence-corrected chi connectivity index (χ0v) is 13.4. The van der Waals surface area contributed by atoms with E-state index < -0.39 is 11.7 Å². The van der Waals surface area contributed by atoms with Gasteiger partial charge in [-0.2, -0.15) is 10.1 Å². The molecule has 0 bridgehead atoms. The molecule has 1 aromatic carbocycles. The summed E-state index contributed by atoms with van der Waals surface area (Å²) in [6.07, 6.45) is 1.48. The molecule has 0 saturated carbocycles. The Labute approximate surface area is 143 Å². The summed E-state index contributed by atoms with van der Waals surface area (Å²) < 4.78 is 13.6.